The summed E-state index contributed by atoms with van der Waals surface area (Å²) < 4.78 is 26.3. The second-order valence-electron chi connectivity index (χ2n) is 4.61. The highest BCUT2D eigenvalue weighted by molar-refractivity contribution is 6.52. The van der Waals surface area contributed by atoms with E-state index in [1.54, 1.807) is 14.1 Å². The molecule has 0 radical (unpaired) electrons. The number of rotatable bonds is 3. The van der Waals surface area contributed by atoms with Gasteiger partial charge in [-0.25, -0.2) is 8.78 Å². The van der Waals surface area contributed by atoms with Crippen LogP contribution in [0.1, 0.15) is 16.8 Å². The summed E-state index contributed by atoms with van der Waals surface area (Å²) in [5.41, 5.74) is -0.170. The molecule has 7 heteroatoms. The summed E-state index contributed by atoms with van der Waals surface area (Å²) in [5.74, 6) is -4.33. The van der Waals surface area contributed by atoms with Crippen molar-refractivity contribution in [3.8, 4) is 0 Å². The molecule has 5 nitrogen and oxygen atoms in total. The maximum Gasteiger partial charge on any atom is 0.299 e. The molecule has 0 spiro atoms. The molecule has 20 heavy (non-hydrogen) atoms. The Morgan fingerprint density at radius 2 is 1.80 bits per heavy atom. The third-order valence-corrected chi connectivity index (χ3v) is 3.06. The van der Waals surface area contributed by atoms with Gasteiger partial charge in [0.05, 0.1) is 11.3 Å². The number of hydrogen-bond donors (Lipinski definition) is 0. The molecule has 1 aromatic rings. The van der Waals surface area contributed by atoms with E-state index in [-0.39, 0.29) is 30.1 Å². The highest BCUT2D eigenvalue weighted by atomic mass is 19.2. The fourth-order valence-corrected chi connectivity index (χ4v) is 1.94. The van der Waals surface area contributed by atoms with Crippen LogP contribution < -0.4 is 4.90 Å². The number of hydrogen-bond acceptors (Lipinski definition) is 3. The summed E-state index contributed by atoms with van der Waals surface area (Å²) in [5, 5.41) is 0. The van der Waals surface area contributed by atoms with E-state index >= 15 is 0 Å². The van der Waals surface area contributed by atoms with Crippen LogP contribution in [0, 0.1) is 11.6 Å². The van der Waals surface area contributed by atoms with E-state index < -0.39 is 23.3 Å². The minimum atomic E-state index is -1.18. The second-order valence-corrected chi connectivity index (χ2v) is 4.61. The molecule has 2 rings (SSSR count). The standard InChI is InChI=1S/C13H12F2N2O3/c1-16(2)11(18)3-4-17-10-6-9(15)8(14)5-7(10)12(19)13(17)20/h5-6H,3-4H2,1-2H3. The zero-order chi connectivity index (χ0) is 15.0. The summed E-state index contributed by atoms with van der Waals surface area (Å²) in [7, 11) is 3.12. The topological polar surface area (TPSA) is 57.7 Å². The van der Waals surface area contributed by atoms with Crippen molar-refractivity contribution in [2.24, 2.45) is 0 Å². The Labute approximate surface area is 113 Å². The molecule has 1 heterocycles. The van der Waals surface area contributed by atoms with Crippen LogP contribution in [0.25, 0.3) is 0 Å². The number of amides is 2. The van der Waals surface area contributed by atoms with Crippen molar-refractivity contribution in [3.63, 3.8) is 0 Å². The molecule has 1 aliphatic rings. The Bertz CT molecular complexity index is 614. The van der Waals surface area contributed by atoms with Crippen molar-refractivity contribution >= 4 is 23.3 Å². The first-order valence-corrected chi connectivity index (χ1v) is 5.88. The molecule has 0 bridgehead atoms. The molecule has 1 aliphatic heterocycles. The van der Waals surface area contributed by atoms with Crippen molar-refractivity contribution in [1.29, 1.82) is 0 Å². The van der Waals surface area contributed by atoms with Gasteiger partial charge in [-0.3, -0.25) is 14.4 Å². The quantitative estimate of drug-likeness (QED) is 0.776. The van der Waals surface area contributed by atoms with Crippen molar-refractivity contribution in [3.05, 3.63) is 29.3 Å². The lowest BCUT2D eigenvalue weighted by Crippen LogP contribution is -2.34. The van der Waals surface area contributed by atoms with Gasteiger partial charge in [0.2, 0.25) is 5.91 Å². The van der Waals surface area contributed by atoms with Crippen molar-refractivity contribution in [2.45, 2.75) is 6.42 Å². The molecule has 1 aromatic carbocycles. The van der Waals surface area contributed by atoms with Gasteiger partial charge < -0.3 is 9.80 Å². The third-order valence-electron chi connectivity index (χ3n) is 3.06. The van der Waals surface area contributed by atoms with Crippen LogP contribution in [0.15, 0.2) is 12.1 Å². The van der Waals surface area contributed by atoms with Crippen LogP contribution in [0.4, 0.5) is 14.5 Å². The summed E-state index contributed by atoms with van der Waals surface area (Å²) in [6.07, 6.45) is -0.00947. The summed E-state index contributed by atoms with van der Waals surface area (Å²) in [6, 6.07) is 1.51. The summed E-state index contributed by atoms with van der Waals surface area (Å²) >= 11 is 0. The van der Waals surface area contributed by atoms with Crippen molar-refractivity contribution in [1.82, 2.24) is 4.90 Å². The summed E-state index contributed by atoms with van der Waals surface area (Å²) in [6.45, 7) is -0.0559. The molecule has 0 aliphatic carbocycles. The number of fused-ring (bicyclic) bond motifs is 1. The number of carbonyl (C=O) groups is 3. The van der Waals surface area contributed by atoms with Crippen LogP contribution in [-0.2, 0) is 9.59 Å². The van der Waals surface area contributed by atoms with Crippen LogP contribution in [0.2, 0.25) is 0 Å². The zero-order valence-corrected chi connectivity index (χ0v) is 10.9. The van der Waals surface area contributed by atoms with E-state index in [1.807, 2.05) is 0 Å². The average Bonchev–Trinajstić information content (AvgIpc) is 2.61. The lowest BCUT2D eigenvalue weighted by Gasteiger charge is -2.17. The molecule has 106 valence electrons. The smallest absolute Gasteiger partial charge is 0.299 e. The first-order valence-electron chi connectivity index (χ1n) is 5.88. The first kappa shape index (κ1) is 14.1. The largest absolute Gasteiger partial charge is 0.349 e. The van der Waals surface area contributed by atoms with Gasteiger partial charge in [-0.05, 0) is 6.07 Å². The molecule has 2 amide bonds. The Morgan fingerprint density at radius 3 is 2.40 bits per heavy atom. The van der Waals surface area contributed by atoms with Crippen molar-refractivity contribution in [2.75, 3.05) is 25.5 Å². The molecular formula is C13H12F2N2O3. The molecule has 0 N–H and O–H groups in total. The predicted octanol–water partition coefficient (Wildman–Crippen LogP) is 0.972. The van der Waals surface area contributed by atoms with Gasteiger partial charge in [0.25, 0.3) is 11.7 Å². The number of carbonyl (C=O) groups excluding carboxylic acids is 3. The van der Waals surface area contributed by atoms with Crippen LogP contribution in [-0.4, -0.2) is 43.1 Å². The number of ketones is 1. The molecule has 0 atom stereocenters. The van der Waals surface area contributed by atoms with Gasteiger partial charge in [-0.2, -0.15) is 0 Å². The minimum absolute atomic E-state index is 0.00505. The van der Waals surface area contributed by atoms with Gasteiger partial charge in [-0.15, -0.1) is 0 Å². The van der Waals surface area contributed by atoms with E-state index in [1.165, 1.54) is 4.90 Å². The number of halogens is 2. The average molecular weight is 282 g/mol. The Kier molecular flexibility index (Phi) is 3.52. The van der Waals surface area contributed by atoms with E-state index in [0.717, 1.165) is 11.0 Å². The Balaban J connectivity index is 2.29. The van der Waals surface area contributed by atoms with Gasteiger partial charge in [0.1, 0.15) is 0 Å². The van der Waals surface area contributed by atoms with Crippen LogP contribution in [0.5, 0.6) is 0 Å². The SMILES string of the molecule is CN(C)C(=O)CCN1C(=O)C(=O)c2cc(F)c(F)cc21. The van der Waals surface area contributed by atoms with Gasteiger partial charge in [0, 0.05) is 33.1 Å². The minimum Gasteiger partial charge on any atom is -0.349 e. The molecule has 0 saturated carbocycles. The molecule has 0 aromatic heterocycles. The molecular weight excluding hydrogens is 270 g/mol. The molecule has 0 fully saturated rings. The monoisotopic (exact) mass is 282 g/mol. The first-order chi connectivity index (χ1) is 9.32. The normalized spacial score (nSPS) is 13.7. The maximum atomic E-state index is 13.2. The highest BCUT2D eigenvalue weighted by Crippen LogP contribution is 2.31. The maximum absolute atomic E-state index is 13.2. The third kappa shape index (κ3) is 2.26. The second kappa shape index (κ2) is 4.99. The van der Waals surface area contributed by atoms with E-state index in [9.17, 15) is 23.2 Å². The lowest BCUT2D eigenvalue weighted by atomic mass is 10.1. The van der Waals surface area contributed by atoms with E-state index in [4.69, 9.17) is 0 Å². The van der Waals surface area contributed by atoms with Gasteiger partial charge in [-0.1, -0.05) is 0 Å². The zero-order valence-electron chi connectivity index (χ0n) is 10.9. The molecule has 0 saturated heterocycles. The predicted molar refractivity (Wildman–Crippen MR) is 66.4 cm³/mol. The fraction of sp³-hybridized carbons (Fsp3) is 0.308. The van der Waals surface area contributed by atoms with Crippen LogP contribution >= 0.6 is 0 Å². The van der Waals surface area contributed by atoms with E-state index in [2.05, 4.69) is 0 Å². The summed E-state index contributed by atoms with van der Waals surface area (Å²) in [4.78, 5) is 37.3. The van der Waals surface area contributed by atoms with Crippen molar-refractivity contribution < 1.29 is 23.2 Å². The number of Topliss-reactive ketones (excluding diaryl/α,β-unsaturated/α-hetero) is 1. The Morgan fingerprint density at radius 1 is 1.20 bits per heavy atom. The fourth-order valence-electron chi connectivity index (χ4n) is 1.94. The van der Waals surface area contributed by atoms with Gasteiger partial charge in [0.15, 0.2) is 11.6 Å². The van der Waals surface area contributed by atoms with E-state index in [0.29, 0.717) is 6.07 Å². The van der Waals surface area contributed by atoms with Gasteiger partial charge >= 0.3 is 0 Å². The molecule has 0 unspecified atom stereocenters. The number of benzene rings is 1. The highest BCUT2D eigenvalue weighted by Gasteiger charge is 2.37. The number of nitrogens with zero attached hydrogens (tertiary/aromatic N) is 2. The van der Waals surface area contributed by atoms with Crippen LogP contribution in [0.3, 0.4) is 0 Å². The number of anilines is 1. The lowest BCUT2D eigenvalue weighted by molar-refractivity contribution is -0.128. The Hall–Kier alpha value is -2.31.